The van der Waals surface area contributed by atoms with E-state index in [0.29, 0.717) is 0 Å². The molecule has 2 rings (SSSR count). The molecule has 0 saturated carbocycles. The van der Waals surface area contributed by atoms with Crippen molar-refractivity contribution in [2.45, 2.75) is 31.5 Å². The molecule has 2 atom stereocenters. The Morgan fingerprint density at radius 2 is 1.83 bits per heavy atom. The summed E-state index contributed by atoms with van der Waals surface area (Å²) in [6, 6.07) is 7.60. The first kappa shape index (κ1) is 12.9. The average Bonchev–Trinajstić information content (AvgIpc) is 2.33. The Bertz CT molecular complexity index is 462. The van der Waals surface area contributed by atoms with Gasteiger partial charge in [0.2, 0.25) is 0 Å². The van der Waals surface area contributed by atoms with Crippen LogP contribution in [0.1, 0.15) is 19.4 Å². The first-order valence-electron chi connectivity index (χ1n) is 6.20. The zero-order valence-electron chi connectivity index (χ0n) is 10.8. The van der Waals surface area contributed by atoms with Crippen LogP contribution in [0.15, 0.2) is 48.6 Å². The molecule has 3 nitrogen and oxygen atoms in total. The maximum absolute atomic E-state index is 6.37. The lowest BCUT2D eigenvalue weighted by Gasteiger charge is -2.33. The molecule has 0 spiro atoms. The second-order valence-electron chi connectivity index (χ2n) is 4.89. The molecule has 1 aromatic rings. The Morgan fingerprint density at radius 3 is 2.39 bits per heavy atom. The molecule has 1 aromatic carbocycles. The van der Waals surface area contributed by atoms with Crippen LogP contribution in [0.5, 0.6) is 5.75 Å². The van der Waals surface area contributed by atoms with Crippen LogP contribution in [0.2, 0.25) is 0 Å². The molecule has 0 amide bonds. The van der Waals surface area contributed by atoms with Crippen molar-refractivity contribution < 1.29 is 4.74 Å². The molecule has 0 aliphatic heterocycles. The van der Waals surface area contributed by atoms with Gasteiger partial charge in [-0.15, -0.1) is 0 Å². The van der Waals surface area contributed by atoms with E-state index in [9.17, 15) is 0 Å². The minimum Gasteiger partial charge on any atom is -0.491 e. The molecule has 3 heteroatoms. The minimum atomic E-state index is -0.634. The second-order valence-corrected chi connectivity index (χ2v) is 4.89. The molecule has 2 unspecified atom stereocenters. The van der Waals surface area contributed by atoms with Crippen molar-refractivity contribution in [3.63, 3.8) is 0 Å². The van der Waals surface area contributed by atoms with Crippen LogP contribution in [-0.2, 0) is 5.54 Å². The van der Waals surface area contributed by atoms with Gasteiger partial charge in [-0.05, 0) is 31.5 Å². The number of benzene rings is 1. The van der Waals surface area contributed by atoms with Gasteiger partial charge in [-0.3, -0.25) is 0 Å². The van der Waals surface area contributed by atoms with E-state index in [4.69, 9.17) is 16.2 Å². The van der Waals surface area contributed by atoms with Crippen LogP contribution in [0.25, 0.3) is 0 Å². The van der Waals surface area contributed by atoms with Gasteiger partial charge >= 0.3 is 0 Å². The molecule has 0 aromatic heterocycles. The Balaban J connectivity index is 2.24. The van der Waals surface area contributed by atoms with Crippen molar-refractivity contribution in [3.8, 4) is 5.75 Å². The normalized spacial score (nSPS) is 26.6. The quantitative estimate of drug-likeness (QED) is 0.855. The summed E-state index contributed by atoms with van der Waals surface area (Å²) < 4.78 is 5.61. The predicted molar refractivity (Wildman–Crippen MR) is 74.3 cm³/mol. The van der Waals surface area contributed by atoms with Gasteiger partial charge in [-0.25, -0.2) is 0 Å². The summed E-state index contributed by atoms with van der Waals surface area (Å²) in [7, 11) is 0. The van der Waals surface area contributed by atoms with Gasteiger partial charge in [0.05, 0.1) is 11.6 Å². The highest BCUT2D eigenvalue weighted by Crippen LogP contribution is 2.28. The van der Waals surface area contributed by atoms with Gasteiger partial charge in [0.25, 0.3) is 0 Å². The van der Waals surface area contributed by atoms with Crippen LogP contribution in [0.4, 0.5) is 0 Å². The molecule has 0 saturated heterocycles. The molecule has 0 fully saturated rings. The summed E-state index contributed by atoms with van der Waals surface area (Å²) in [5.41, 5.74) is 12.8. The van der Waals surface area contributed by atoms with E-state index in [2.05, 4.69) is 0 Å². The van der Waals surface area contributed by atoms with E-state index in [1.807, 2.05) is 62.4 Å². The van der Waals surface area contributed by atoms with E-state index in [0.717, 1.165) is 11.3 Å². The first-order chi connectivity index (χ1) is 8.52. The zero-order valence-corrected chi connectivity index (χ0v) is 10.8. The SMILES string of the molecule is CC(C)Oc1ccc(C2(N)C=CC=CC2N)cc1. The summed E-state index contributed by atoms with van der Waals surface area (Å²) in [6.07, 6.45) is 7.88. The van der Waals surface area contributed by atoms with Crippen LogP contribution >= 0.6 is 0 Å². The van der Waals surface area contributed by atoms with E-state index in [-0.39, 0.29) is 12.1 Å². The largest absolute Gasteiger partial charge is 0.491 e. The van der Waals surface area contributed by atoms with Gasteiger partial charge in [0, 0.05) is 6.04 Å². The third-order valence-corrected chi connectivity index (χ3v) is 3.08. The molecule has 0 bridgehead atoms. The Labute approximate surface area is 108 Å². The fourth-order valence-electron chi connectivity index (χ4n) is 2.05. The second kappa shape index (κ2) is 4.96. The van der Waals surface area contributed by atoms with Crippen molar-refractivity contribution >= 4 is 0 Å². The molecule has 4 N–H and O–H groups in total. The van der Waals surface area contributed by atoms with Gasteiger partial charge < -0.3 is 16.2 Å². The van der Waals surface area contributed by atoms with E-state index in [1.54, 1.807) is 0 Å². The van der Waals surface area contributed by atoms with Crippen molar-refractivity contribution in [1.29, 1.82) is 0 Å². The van der Waals surface area contributed by atoms with E-state index < -0.39 is 5.54 Å². The summed E-state index contributed by atoms with van der Waals surface area (Å²) in [4.78, 5) is 0. The Morgan fingerprint density at radius 1 is 1.17 bits per heavy atom. The summed E-state index contributed by atoms with van der Waals surface area (Å²) >= 11 is 0. The monoisotopic (exact) mass is 244 g/mol. The van der Waals surface area contributed by atoms with Crippen molar-refractivity contribution in [3.05, 3.63) is 54.1 Å². The lowest BCUT2D eigenvalue weighted by molar-refractivity contribution is 0.242. The maximum atomic E-state index is 6.37. The number of hydrogen-bond donors (Lipinski definition) is 2. The van der Waals surface area contributed by atoms with Crippen molar-refractivity contribution in [2.24, 2.45) is 11.5 Å². The van der Waals surface area contributed by atoms with Crippen LogP contribution in [-0.4, -0.2) is 12.1 Å². The molecule has 0 radical (unpaired) electrons. The number of allylic oxidation sites excluding steroid dienone is 2. The number of rotatable bonds is 3. The van der Waals surface area contributed by atoms with Crippen LogP contribution in [0.3, 0.4) is 0 Å². The molecule has 1 aliphatic carbocycles. The molecule has 0 heterocycles. The third kappa shape index (κ3) is 2.47. The summed E-state index contributed by atoms with van der Waals surface area (Å²) in [5.74, 6) is 0.848. The maximum Gasteiger partial charge on any atom is 0.119 e. The number of hydrogen-bond acceptors (Lipinski definition) is 3. The average molecular weight is 244 g/mol. The molecule has 18 heavy (non-hydrogen) atoms. The molecular weight excluding hydrogens is 224 g/mol. The van der Waals surface area contributed by atoms with Crippen molar-refractivity contribution in [1.82, 2.24) is 0 Å². The lowest BCUT2D eigenvalue weighted by Crippen LogP contribution is -2.50. The summed E-state index contributed by atoms with van der Waals surface area (Å²) in [5, 5.41) is 0. The minimum absolute atomic E-state index is 0.169. The van der Waals surface area contributed by atoms with Gasteiger partial charge in [-0.2, -0.15) is 0 Å². The number of ether oxygens (including phenoxy) is 1. The van der Waals surface area contributed by atoms with Gasteiger partial charge in [0.1, 0.15) is 5.75 Å². The van der Waals surface area contributed by atoms with E-state index in [1.165, 1.54) is 0 Å². The fraction of sp³-hybridized carbons (Fsp3) is 0.333. The molecule has 96 valence electrons. The number of nitrogens with two attached hydrogens (primary N) is 2. The van der Waals surface area contributed by atoms with Crippen LogP contribution in [0, 0.1) is 0 Å². The lowest BCUT2D eigenvalue weighted by atomic mass is 9.81. The van der Waals surface area contributed by atoms with Gasteiger partial charge in [0.15, 0.2) is 0 Å². The van der Waals surface area contributed by atoms with Crippen molar-refractivity contribution in [2.75, 3.05) is 0 Å². The fourth-order valence-corrected chi connectivity index (χ4v) is 2.05. The van der Waals surface area contributed by atoms with Gasteiger partial charge in [-0.1, -0.05) is 36.4 Å². The predicted octanol–water partition coefficient (Wildman–Crippen LogP) is 2.08. The summed E-state index contributed by atoms with van der Waals surface area (Å²) in [6.45, 7) is 4.01. The van der Waals surface area contributed by atoms with E-state index >= 15 is 0 Å². The highest BCUT2D eigenvalue weighted by molar-refractivity contribution is 5.40. The third-order valence-electron chi connectivity index (χ3n) is 3.08. The highest BCUT2D eigenvalue weighted by atomic mass is 16.5. The van der Waals surface area contributed by atoms with Crippen LogP contribution < -0.4 is 16.2 Å². The standard InChI is InChI=1S/C15H20N2O/c1-11(2)18-13-8-6-12(7-9-13)15(17)10-4-3-5-14(15)16/h3-11,14H,16-17H2,1-2H3. The Hall–Kier alpha value is -1.58. The highest BCUT2D eigenvalue weighted by Gasteiger charge is 2.31. The topological polar surface area (TPSA) is 61.3 Å². The smallest absolute Gasteiger partial charge is 0.119 e. The molecular formula is C15H20N2O. The Kier molecular flexibility index (Phi) is 3.55. The first-order valence-corrected chi connectivity index (χ1v) is 6.20. The zero-order chi connectivity index (χ0) is 13.2. The molecule has 1 aliphatic rings.